The van der Waals surface area contributed by atoms with Crippen LogP contribution in [-0.2, 0) is 22.7 Å². The molecule has 1 saturated heterocycles. The SMILES string of the molecule is COc1ccc(CN(Cc2cccc(OC)c2)C2CCN(C(C)=O)[C@@H](C(=O)NC3CCC(N)CC3)C2)cc1. The van der Waals surface area contributed by atoms with Crippen LogP contribution in [0, 0.1) is 0 Å². The second kappa shape index (κ2) is 13.1. The van der Waals surface area contributed by atoms with Crippen LogP contribution in [0.25, 0.3) is 0 Å². The Bertz CT molecular complexity index is 1070. The smallest absolute Gasteiger partial charge is 0.243 e. The predicted molar refractivity (Wildman–Crippen MR) is 148 cm³/mol. The number of ether oxygens (including phenoxy) is 2. The minimum Gasteiger partial charge on any atom is -0.497 e. The van der Waals surface area contributed by atoms with E-state index in [0.717, 1.165) is 55.7 Å². The number of likely N-dealkylation sites (tertiary alicyclic amines) is 1. The molecule has 2 amide bonds. The van der Waals surface area contributed by atoms with Crippen molar-refractivity contribution < 1.29 is 19.1 Å². The molecular formula is C30H42N4O4. The number of carbonyl (C=O) groups is 2. The van der Waals surface area contributed by atoms with Gasteiger partial charge in [0.25, 0.3) is 0 Å². The third-order valence-corrected chi connectivity index (χ3v) is 7.98. The molecule has 206 valence electrons. The van der Waals surface area contributed by atoms with Crippen LogP contribution in [0.15, 0.2) is 48.5 Å². The molecule has 0 aromatic heterocycles. The normalized spacial score (nSPS) is 23.7. The number of nitrogens with zero attached hydrogens (tertiary/aromatic N) is 2. The average molecular weight is 523 g/mol. The quantitative estimate of drug-likeness (QED) is 0.524. The van der Waals surface area contributed by atoms with Gasteiger partial charge in [-0.2, -0.15) is 0 Å². The van der Waals surface area contributed by atoms with Gasteiger partial charge in [0, 0.05) is 44.7 Å². The van der Waals surface area contributed by atoms with Gasteiger partial charge in [-0.25, -0.2) is 0 Å². The summed E-state index contributed by atoms with van der Waals surface area (Å²) in [4.78, 5) is 30.2. The van der Waals surface area contributed by atoms with Crippen LogP contribution in [0.1, 0.15) is 56.6 Å². The second-order valence-corrected chi connectivity index (χ2v) is 10.6. The molecule has 1 saturated carbocycles. The topological polar surface area (TPSA) is 97.1 Å². The van der Waals surface area contributed by atoms with Crippen molar-refractivity contribution in [3.8, 4) is 11.5 Å². The van der Waals surface area contributed by atoms with Gasteiger partial charge in [-0.05, 0) is 73.9 Å². The van der Waals surface area contributed by atoms with Crippen molar-refractivity contribution in [3.05, 3.63) is 59.7 Å². The first-order valence-corrected chi connectivity index (χ1v) is 13.7. The van der Waals surface area contributed by atoms with Gasteiger partial charge in [0.2, 0.25) is 11.8 Å². The van der Waals surface area contributed by atoms with Crippen molar-refractivity contribution in [1.82, 2.24) is 15.1 Å². The van der Waals surface area contributed by atoms with Gasteiger partial charge >= 0.3 is 0 Å². The van der Waals surface area contributed by atoms with E-state index in [-0.39, 0.29) is 29.9 Å². The lowest BCUT2D eigenvalue weighted by Gasteiger charge is -2.43. The molecule has 38 heavy (non-hydrogen) atoms. The number of nitrogens with two attached hydrogens (primary N) is 1. The zero-order chi connectivity index (χ0) is 27.1. The molecule has 2 aromatic rings. The van der Waals surface area contributed by atoms with Crippen LogP contribution in [0.4, 0.5) is 0 Å². The molecule has 4 rings (SSSR count). The molecule has 0 bridgehead atoms. The summed E-state index contributed by atoms with van der Waals surface area (Å²) in [7, 11) is 3.34. The molecular weight excluding hydrogens is 480 g/mol. The van der Waals surface area contributed by atoms with Gasteiger partial charge in [0.15, 0.2) is 0 Å². The van der Waals surface area contributed by atoms with Crippen LogP contribution in [-0.4, -0.2) is 66.5 Å². The monoisotopic (exact) mass is 522 g/mol. The molecule has 3 N–H and O–H groups in total. The van der Waals surface area contributed by atoms with Crippen molar-refractivity contribution in [1.29, 1.82) is 0 Å². The molecule has 2 aliphatic rings. The predicted octanol–water partition coefficient (Wildman–Crippen LogP) is 3.47. The number of hydrogen-bond acceptors (Lipinski definition) is 6. The lowest BCUT2D eigenvalue weighted by atomic mass is 9.90. The zero-order valence-corrected chi connectivity index (χ0v) is 22.9. The Morgan fingerprint density at radius 1 is 0.947 bits per heavy atom. The third-order valence-electron chi connectivity index (χ3n) is 7.98. The molecule has 1 heterocycles. The number of rotatable bonds is 9. The number of methoxy groups -OCH3 is 2. The van der Waals surface area contributed by atoms with Gasteiger partial charge in [0.05, 0.1) is 14.2 Å². The molecule has 1 aliphatic carbocycles. The number of nitrogens with one attached hydrogen (secondary N) is 1. The lowest BCUT2D eigenvalue weighted by Crippen LogP contribution is -2.58. The van der Waals surface area contributed by atoms with E-state index in [9.17, 15) is 9.59 Å². The van der Waals surface area contributed by atoms with Gasteiger partial charge in [0.1, 0.15) is 17.5 Å². The average Bonchev–Trinajstić information content (AvgIpc) is 2.94. The molecule has 0 radical (unpaired) electrons. The van der Waals surface area contributed by atoms with Gasteiger partial charge in [-0.15, -0.1) is 0 Å². The number of hydrogen-bond donors (Lipinski definition) is 2. The van der Waals surface area contributed by atoms with E-state index in [1.165, 1.54) is 5.56 Å². The summed E-state index contributed by atoms with van der Waals surface area (Å²) >= 11 is 0. The van der Waals surface area contributed by atoms with E-state index in [2.05, 4.69) is 34.5 Å². The highest BCUT2D eigenvalue weighted by atomic mass is 16.5. The van der Waals surface area contributed by atoms with Gasteiger partial charge in [-0.3, -0.25) is 14.5 Å². The Balaban J connectivity index is 1.54. The molecule has 2 aromatic carbocycles. The first-order chi connectivity index (χ1) is 18.4. The van der Waals surface area contributed by atoms with Crippen molar-refractivity contribution in [3.63, 3.8) is 0 Å². The van der Waals surface area contributed by atoms with Crippen LogP contribution in [0.5, 0.6) is 11.5 Å². The van der Waals surface area contributed by atoms with E-state index in [4.69, 9.17) is 15.2 Å². The minimum absolute atomic E-state index is 0.0452. The molecule has 0 spiro atoms. The number of benzene rings is 2. The fraction of sp³-hybridized carbons (Fsp3) is 0.533. The molecule has 1 aliphatic heterocycles. The van der Waals surface area contributed by atoms with Crippen LogP contribution < -0.4 is 20.5 Å². The van der Waals surface area contributed by atoms with E-state index in [0.29, 0.717) is 19.5 Å². The summed E-state index contributed by atoms with van der Waals surface area (Å²) in [6.07, 6.45) is 5.03. The second-order valence-electron chi connectivity index (χ2n) is 10.6. The van der Waals surface area contributed by atoms with Crippen molar-refractivity contribution in [2.24, 2.45) is 5.73 Å². The number of amides is 2. The van der Waals surface area contributed by atoms with Crippen molar-refractivity contribution in [2.45, 2.75) is 82.7 Å². The fourth-order valence-corrected chi connectivity index (χ4v) is 5.75. The molecule has 8 heteroatoms. The fourth-order valence-electron chi connectivity index (χ4n) is 5.75. The Hall–Kier alpha value is -3.10. The maximum atomic E-state index is 13.5. The molecule has 2 fully saturated rings. The van der Waals surface area contributed by atoms with Crippen LogP contribution in [0.2, 0.25) is 0 Å². The largest absolute Gasteiger partial charge is 0.497 e. The van der Waals surface area contributed by atoms with Crippen LogP contribution in [0.3, 0.4) is 0 Å². The zero-order valence-electron chi connectivity index (χ0n) is 22.9. The van der Waals surface area contributed by atoms with Crippen LogP contribution >= 0.6 is 0 Å². The van der Waals surface area contributed by atoms with E-state index in [1.54, 1.807) is 26.0 Å². The molecule has 8 nitrogen and oxygen atoms in total. The summed E-state index contributed by atoms with van der Waals surface area (Å²) in [5.41, 5.74) is 8.37. The van der Waals surface area contributed by atoms with Crippen molar-refractivity contribution in [2.75, 3.05) is 20.8 Å². The number of piperidine rings is 1. The minimum atomic E-state index is -0.481. The molecule has 2 atom stereocenters. The summed E-state index contributed by atoms with van der Waals surface area (Å²) in [6, 6.07) is 16.2. The maximum Gasteiger partial charge on any atom is 0.243 e. The van der Waals surface area contributed by atoms with Gasteiger partial charge < -0.3 is 25.4 Å². The summed E-state index contributed by atoms with van der Waals surface area (Å²) < 4.78 is 10.8. The number of carbonyl (C=O) groups excluding carboxylic acids is 2. The maximum absolute atomic E-state index is 13.5. The summed E-state index contributed by atoms with van der Waals surface area (Å²) in [6.45, 7) is 3.56. The van der Waals surface area contributed by atoms with Gasteiger partial charge in [-0.1, -0.05) is 24.3 Å². The highest BCUT2D eigenvalue weighted by Crippen LogP contribution is 2.28. The first-order valence-electron chi connectivity index (χ1n) is 13.7. The van der Waals surface area contributed by atoms with E-state index < -0.39 is 6.04 Å². The van der Waals surface area contributed by atoms with E-state index in [1.807, 2.05) is 24.3 Å². The standard InChI is InChI=1S/C30H42N4O4/c1-21(35)34-16-15-26(18-29(34)30(36)32-25-11-9-24(31)10-12-25)33(19-22-7-13-27(37-2)14-8-22)20-23-5-4-6-28(17-23)38-3/h4-8,13-14,17,24-26,29H,9-12,15-16,18-20,31H2,1-3H3,(H,32,36)/t24?,25?,26?,29-/m1/s1. The lowest BCUT2D eigenvalue weighted by molar-refractivity contribution is -0.142. The Kier molecular flexibility index (Phi) is 9.63. The summed E-state index contributed by atoms with van der Waals surface area (Å²) in [5.74, 6) is 1.55. The van der Waals surface area contributed by atoms with E-state index >= 15 is 0 Å². The van der Waals surface area contributed by atoms with Crippen molar-refractivity contribution >= 4 is 11.8 Å². The first kappa shape index (κ1) is 27.9. The molecule has 1 unspecified atom stereocenters. The highest BCUT2D eigenvalue weighted by molar-refractivity contribution is 5.87. The summed E-state index contributed by atoms with van der Waals surface area (Å²) in [5, 5.41) is 3.24. The Morgan fingerprint density at radius 2 is 1.63 bits per heavy atom. The Labute approximate surface area is 226 Å². The Morgan fingerprint density at radius 3 is 2.29 bits per heavy atom. The highest BCUT2D eigenvalue weighted by Gasteiger charge is 2.38. The third kappa shape index (κ3) is 7.26.